The van der Waals surface area contributed by atoms with Crippen molar-refractivity contribution in [2.24, 2.45) is 5.41 Å². The molecule has 8 rings (SSSR count). The van der Waals surface area contributed by atoms with Crippen molar-refractivity contribution < 1.29 is 71.6 Å². The lowest BCUT2D eigenvalue weighted by atomic mass is 9.85. The molecule has 5 atom stereocenters. The number of nitrogens with zero attached hydrogens (tertiary/aromatic N) is 4. The molecule has 0 spiro atoms. The van der Waals surface area contributed by atoms with Gasteiger partial charge in [0.25, 0.3) is 23.6 Å². The van der Waals surface area contributed by atoms with Crippen LogP contribution in [0.15, 0.2) is 76.8 Å². The molecular weight excluding hydrogens is 1120 g/mol. The molecule has 1 saturated carbocycles. The van der Waals surface area contributed by atoms with Crippen molar-refractivity contribution in [2.75, 3.05) is 80.0 Å². The van der Waals surface area contributed by atoms with Gasteiger partial charge in [-0.2, -0.15) is 0 Å². The smallest absolute Gasteiger partial charge is 0.273 e. The summed E-state index contributed by atoms with van der Waals surface area (Å²) in [5.41, 5.74) is 3.77. The van der Waals surface area contributed by atoms with E-state index in [1.165, 1.54) is 39.3 Å². The van der Waals surface area contributed by atoms with Gasteiger partial charge in [-0.15, -0.1) is 11.3 Å². The Morgan fingerprint density at radius 2 is 1.54 bits per heavy atom. The van der Waals surface area contributed by atoms with Crippen LogP contribution in [0.2, 0.25) is 0 Å². The number of β-amino-alcohol motifs (C(OH)–C–C–N with tert-alkyl or cyclic N) is 1. The zero-order valence-electron chi connectivity index (χ0n) is 48.5. The minimum absolute atomic E-state index is 0.0396. The minimum Gasteiger partial charge on any atom is -0.507 e. The van der Waals surface area contributed by atoms with Crippen molar-refractivity contribution in [3.63, 3.8) is 0 Å². The number of ether oxygens (including phenoxy) is 4. The Morgan fingerprint density at radius 3 is 2.18 bits per heavy atom. The number of aromatic nitrogens is 2. The molecule has 85 heavy (non-hydrogen) atoms. The van der Waals surface area contributed by atoms with Gasteiger partial charge in [-0.25, -0.2) is 9.37 Å². The molecule has 5 aromatic rings. The second-order valence-electron chi connectivity index (χ2n) is 22.5. The summed E-state index contributed by atoms with van der Waals surface area (Å²) in [5.74, 6) is -3.18. The number of nitrogens with one attached hydrogen (secondary N) is 5. The highest BCUT2D eigenvalue weighted by atomic mass is 32.1. The third kappa shape index (κ3) is 16.7. The van der Waals surface area contributed by atoms with E-state index in [4.69, 9.17) is 23.5 Å². The molecule has 1 saturated heterocycles. The number of thiazole rings is 1. The number of phenols is 1. The molecule has 23 nitrogen and oxygen atoms in total. The van der Waals surface area contributed by atoms with Gasteiger partial charge in [0.2, 0.25) is 17.7 Å². The number of aryl methyl sites for hydroxylation is 2. The Morgan fingerprint density at radius 1 is 0.871 bits per heavy atom. The molecule has 3 aliphatic rings. The molecule has 25 heteroatoms. The molecule has 2 aliphatic carbocycles. The molecule has 3 heterocycles. The largest absolute Gasteiger partial charge is 0.507 e. The number of alkyl halides is 1. The summed E-state index contributed by atoms with van der Waals surface area (Å²) >= 11 is 1.49. The number of phenolic OH excluding ortho intramolecular Hbond substituents is 1. The van der Waals surface area contributed by atoms with Gasteiger partial charge < -0.3 is 70.1 Å². The number of carbonyl (C=O) groups is 7. The molecule has 7 amide bonds. The van der Waals surface area contributed by atoms with Crippen molar-refractivity contribution in [3.05, 3.63) is 106 Å². The maximum atomic E-state index is 14.7. The maximum Gasteiger partial charge on any atom is 0.273 e. The van der Waals surface area contributed by atoms with Crippen LogP contribution in [0.4, 0.5) is 4.39 Å². The second-order valence-corrected chi connectivity index (χ2v) is 23.4. The van der Waals surface area contributed by atoms with E-state index in [9.17, 15) is 48.2 Å². The van der Waals surface area contributed by atoms with Gasteiger partial charge in [0.05, 0.1) is 85.9 Å². The van der Waals surface area contributed by atoms with Crippen molar-refractivity contribution in [2.45, 2.75) is 102 Å². The van der Waals surface area contributed by atoms with Crippen LogP contribution >= 0.6 is 11.3 Å². The van der Waals surface area contributed by atoms with E-state index in [-0.39, 0.29) is 138 Å². The summed E-state index contributed by atoms with van der Waals surface area (Å²) in [6.45, 7) is 8.52. The van der Waals surface area contributed by atoms with Crippen molar-refractivity contribution in [3.8, 4) is 33.3 Å². The first-order valence-corrected chi connectivity index (χ1v) is 29.1. The van der Waals surface area contributed by atoms with Crippen LogP contribution in [-0.2, 0) is 44.6 Å². The predicted octanol–water partition coefficient (Wildman–Crippen LogP) is 4.50. The van der Waals surface area contributed by atoms with E-state index in [2.05, 4.69) is 36.7 Å². The monoisotopic (exact) mass is 1200 g/mol. The molecule has 2 fully saturated rings. The average molecular weight is 1200 g/mol. The third-order valence-corrected chi connectivity index (χ3v) is 15.8. The number of rotatable bonds is 28. The molecule has 7 N–H and O–H groups in total. The summed E-state index contributed by atoms with van der Waals surface area (Å²) in [5, 5.41) is 39.2. The lowest BCUT2D eigenvalue weighted by Gasteiger charge is -2.36. The highest BCUT2D eigenvalue weighted by Gasteiger charge is 2.53. The Bertz CT molecular complexity index is 3200. The first kappa shape index (κ1) is 63.2. The van der Waals surface area contributed by atoms with Crippen LogP contribution in [0, 0.1) is 12.3 Å². The fourth-order valence-corrected chi connectivity index (χ4v) is 10.7. The summed E-state index contributed by atoms with van der Waals surface area (Å²) in [7, 11) is 3.16. The number of likely N-dealkylation sites (tertiary alicyclic amines) is 1. The van der Waals surface area contributed by atoms with Crippen LogP contribution < -0.4 is 31.3 Å². The van der Waals surface area contributed by atoms with E-state index in [1.54, 1.807) is 58.6 Å². The number of fused-ring (bicyclic) bond motifs is 1. The molecule has 0 radical (unpaired) electrons. The van der Waals surface area contributed by atoms with Gasteiger partial charge in [-0.1, -0.05) is 62.3 Å². The second kappa shape index (κ2) is 28.4. The maximum absolute atomic E-state index is 14.7. The minimum atomic E-state index is -2.03. The molecule has 456 valence electrons. The number of aliphatic hydroxyl groups excluding tert-OH is 1. The van der Waals surface area contributed by atoms with Gasteiger partial charge in [0, 0.05) is 51.8 Å². The number of aromatic hydroxyl groups is 1. The Balaban J connectivity index is 0.703. The van der Waals surface area contributed by atoms with Crippen LogP contribution in [0.3, 0.4) is 0 Å². The number of hydrogen-bond acceptors (Lipinski definition) is 17. The zero-order valence-corrected chi connectivity index (χ0v) is 49.3. The van der Waals surface area contributed by atoms with E-state index in [0.29, 0.717) is 23.3 Å². The fourth-order valence-electron chi connectivity index (χ4n) is 9.89. The van der Waals surface area contributed by atoms with Crippen LogP contribution in [-0.4, -0.2) is 175 Å². The highest BCUT2D eigenvalue weighted by Crippen LogP contribution is 2.41. The normalized spacial score (nSPS) is 17.5. The quantitative estimate of drug-likeness (QED) is 0.0339. The predicted molar refractivity (Wildman–Crippen MR) is 309 cm³/mol. The third-order valence-electron chi connectivity index (χ3n) is 14.8. The number of benzene rings is 3. The first-order valence-electron chi connectivity index (χ1n) is 28.2. The van der Waals surface area contributed by atoms with Crippen molar-refractivity contribution in [1.29, 1.82) is 0 Å². The summed E-state index contributed by atoms with van der Waals surface area (Å²) < 4.78 is 42.7. The van der Waals surface area contributed by atoms with E-state index in [0.717, 1.165) is 33.7 Å². The molecule has 0 unspecified atom stereocenters. The number of hydrogen-bond donors (Lipinski definition) is 7. The molecular formula is C60H74FN9O14S. The van der Waals surface area contributed by atoms with Crippen LogP contribution in [0.25, 0.3) is 21.8 Å². The Labute approximate surface area is 495 Å². The van der Waals surface area contributed by atoms with E-state index < -0.39 is 58.9 Å². The number of carbonyl (C=O) groups excluding carboxylic acids is 7. The SMILES string of the molecule is Cc1ncsc1-c1ccc([C@H](CC(=O)NCCOCCOCCOCCNC(=O)COc2ccc3c(c2)[C@H](NC(=O)c2cc(-c4ccc(C(=O)N(C)C)c(O)c4)on2)CC3)NC(=O)[C@@H]2C[C@@H](O)CN2C(=O)[C@@H](NC(=O)C2(F)CC2)C(C)(C)C)cc1. The van der Waals surface area contributed by atoms with Gasteiger partial charge in [0.1, 0.15) is 23.6 Å². The van der Waals surface area contributed by atoms with E-state index in [1.807, 2.05) is 37.3 Å². The first-order chi connectivity index (χ1) is 40.6. The topological polar surface area (TPSA) is 302 Å². The Kier molecular flexibility index (Phi) is 21.1. The standard InChI is InChI=1S/C60H74FN9O14S/c1-35-52(85-34-64-35)38-9-7-37(8-10-38)45(66-55(76)47-28-40(71)32-70(47)57(78)53(59(2,3)4)67-58(79)60(61)17-18-60)31-50(73)62-19-21-80-23-25-82-26-24-81-22-20-63-51(74)33-83-41-14-11-36-13-16-44(43(36)29-41)65-54(75)46-30-49(84-68-46)39-12-15-42(48(72)27-39)56(77)69(5)6/h7-12,14-15,27,29-30,34,40,44-45,47,53,71-72H,13,16-26,28,31-33H2,1-6H3,(H,62,73)(H,63,74)(H,65,75)(H,66,76)(H,67,79)/t40-,44-,45+,47+,53-/m1/s1. The lowest BCUT2D eigenvalue weighted by molar-refractivity contribution is -0.145. The van der Waals surface area contributed by atoms with Gasteiger partial charge >= 0.3 is 0 Å². The summed E-state index contributed by atoms with van der Waals surface area (Å²) in [6.07, 6.45) is 0.218. The molecule has 2 aromatic heterocycles. The molecule has 3 aromatic carbocycles. The highest BCUT2D eigenvalue weighted by molar-refractivity contribution is 7.13. The number of halogens is 1. The van der Waals surface area contributed by atoms with Gasteiger partial charge in [0.15, 0.2) is 23.7 Å². The van der Waals surface area contributed by atoms with Crippen molar-refractivity contribution >= 4 is 52.7 Å². The van der Waals surface area contributed by atoms with Crippen molar-refractivity contribution in [1.82, 2.24) is 46.5 Å². The van der Waals surface area contributed by atoms with Gasteiger partial charge in [-0.3, -0.25) is 33.6 Å². The number of amides is 7. The lowest BCUT2D eigenvalue weighted by Crippen LogP contribution is -2.59. The number of aliphatic hydroxyl groups is 1. The Hall–Kier alpha value is -7.84. The van der Waals surface area contributed by atoms with Crippen LogP contribution in [0.1, 0.15) is 108 Å². The summed E-state index contributed by atoms with van der Waals surface area (Å²) in [4.78, 5) is 100. The van der Waals surface area contributed by atoms with Crippen LogP contribution in [0.5, 0.6) is 11.5 Å². The fraction of sp³-hybridized carbons (Fsp3) is 0.483. The molecule has 0 bridgehead atoms. The van der Waals surface area contributed by atoms with Gasteiger partial charge in [-0.05, 0) is 84.5 Å². The van der Waals surface area contributed by atoms with E-state index >= 15 is 0 Å². The summed E-state index contributed by atoms with van der Waals surface area (Å²) in [6, 6.07) is 15.3. The zero-order chi connectivity index (χ0) is 61.0. The average Bonchev–Trinajstić information content (AvgIpc) is 3.23. The molecule has 1 aliphatic heterocycles.